The van der Waals surface area contributed by atoms with E-state index in [0.29, 0.717) is 13.1 Å². The molecule has 31 heavy (non-hydrogen) atoms. The Hall–Kier alpha value is -2.20. The summed E-state index contributed by atoms with van der Waals surface area (Å²) >= 11 is 0. The monoisotopic (exact) mass is 510 g/mol. The predicted molar refractivity (Wildman–Crippen MR) is 109 cm³/mol. The minimum absolute atomic E-state index is 0. The van der Waals surface area contributed by atoms with E-state index in [1.807, 2.05) is 42.5 Å². The summed E-state index contributed by atoms with van der Waals surface area (Å²) in [6, 6.07) is 26.6. The molecule has 9 heteroatoms. The van der Waals surface area contributed by atoms with Crippen LogP contribution in [0.15, 0.2) is 78.9 Å². The van der Waals surface area contributed by atoms with Gasteiger partial charge in [-0.25, -0.2) is 9.97 Å². The van der Waals surface area contributed by atoms with E-state index in [1.165, 1.54) is 0 Å². The van der Waals surface area contributed by atoms with Gasteiger partial charge in [0, 0.05) is 5.69 Å². The van der Waals surface area contributed by atoms with Gasteiger partial charge in [-0.15, -0.1) is 0 Å². The molecule has 1 radical (unpaired) electrons. The molecule has 0 bridgehead atoms. The number of anilines is 1. The van der Waals surface area contributed by atoms with E-state index in [9.17, 15) is 0 Å². The fourth-order valence-corrected chi connectivity index (χ4v) is 3.40. The van der Waals surface area contributed by atoms with E-state index >= 15 is 0 Å². The van der Waals surface area contributed by atoms with Gasteiger partial charge in [-0.3, -0.25) is 0 Å². The summed E-state index contributed by atoms with van der Waals surface area (Å²) in [4.78, 5) is 18.6. The molecule has 5 aromatic rings. The molecule has 5 rings (SSSR count). The van der Waals surface area contributed by atoms with Gasteiger partial charge in [-0.2, -0.15) is 0 Å². The van der Waals surface area contributed by atoms with Gasteiger partial charge in [0.1, 0.15) is 11.6 Å². The SMILES string of the molecule is [Cl-].[Cl-].[Cl-].[Cr+3].c1ccc(N(Cc2nc3ccccc3[nH]2)Cc2nc3ccccc3[nH]2)cc1. The summed E-state index contributed by atoms with van der Waals surface area (Å²) in [7, 11) is 0. The van der Waals surface area contributed by atoms with Gasteiger partial charge in [-0.1, -0.05) is 42.5 Å². The van der Waals surface area contributed by atoms with Crippen LogP contribution in [0.5, 0.6) is 0 Å². The molecule has 0 amide bonds. The minimum Gasteiger partial charge on any atom is -1.00 e. The van der Waals surface area contributed by atoms with Crippen molar-refractivity contribution in [1.29, 1.82) is 0 Å². The van der Waals surface area contributed by atoms with Crippen LogP contribution in [-0.2, 0) is 30.5 Å². The summed E-state index contributed by atoms with van der Waals surface area (Å²) in [5.41, 5.74) is 5.24. The molecular weight excluding hydrogens is 493 g/mol. The van der Waals surface area contributed by atoms with Gasteiger partial charge in [0.25, 0.3) is 0 Å². The van der Waals surface area contributed by atoms with Crippen molar-refractivity contribution < 1.29 is 54.6 Å². The Labute approximate surface area is 210 Å². The molecule has 2 heterocycles. The molecule has 0 atom stereocenters. The van der Waals surface area contributed by atoms with Crippen LogP contribution in [0, 0.1) is 0 Å². The van der Waals surface area contributed by atoms with E-state index in [4.69, 9.17) is 9.97 Å². The molecule has 5 nitrogen and oxygen atoms in total. The van der Waals surface area contributed by atoms with Gasteiger partial charge >= 0.3 is 17.4 Å². The number of benzene rings is 3. The third kappa shape index (κ3) is 5.94. The molecule has 3 aromatic carbocycles. The number of hydrogen-bond acceptors (Lipinski definition) is 3. The molecule has 0 spiro atoms. The number of nitrogens with zero attached hydrogens (tertiary/aromatic N) is 3. The van der Waals surface area contributed by atoms with E-state index in [2.05, 4.69) is 51.3 Å². The van der Waals surface area contributed by atoms with Crippen molar-refractivity contribution >= 4 is 27.8 Å². The molecule has 159 valence electrons. The number of halogens is 3. The Kier molecular flexibility index (Phi) is 10.4. The van der Waals surface area contributed by atoms with Crippen molar-refractivity contribution in [1.82, 2.24) is 19.9 Å². The van der Waals surface area contributed by atoms with E-state index in [1.54, 1.807) is 0 Å². The maximum Gasteiger partial charge on any atom is 3.00 e. The van der Waals surface area contributed by atoms with Crippen LogP contribution in [0.1, 0.15) is 11.6 Å². The summed E-state index contributed by atoms with van der Waals surface area (Å²) in [6.45, 7) is 1.35. The first-order valence-electron chi connectivity index (χ1n) is 9.02. The average molecular weight is 512 g/mol. The second-order valence-corrected chi connectivity index (χ2v) is 6.59. The number of nitrogens with one attached hydrogen (secondary N) is 2. The van der Waals surface area contributed by atoms with Crippen LogP contribution in [0.25, 0.3) is 22.1 Å². The smallest absolute Gasteiger partial charge is 1.00 e. The number of aromatic nitrogens is 4. The predicted octanol–water partition coefficient (Wildman–Crippen LogP) is -4.34. The minimum atomic E-state index is 0. The number of imidazole rings is 2. The molecular formula is C22H19Cl3CrN5. The maximum atomic E-state index is 4.73. The molecule has 0 aliphatic rings. The van der Waals surface area contributed by atoms with Crippen molar-refractivity contribution in [3.63, 3.8) is 0 Å². The average Bonchev–Trinajstić information content (AvgIpc) is 3.30. The van der Waals surface area contributed by atoms with Crippen LogP contribution in [0.2, 0.25) is 0 Å². The first-order valence-corrected chi connectivity index (χ1v) is 9.02. The third-order valence-corrected chi connectivity index (χ3v) is 4.68. The molecule has 0 saturated heterocycles. The zero-order valence-electron chi connectivity index (χ0n) is 16.3. The molecule has 2 N–H and O–H groups in total. The molecule has 2 aromatic heterocycles. The largest absolute Gasteiger partial charge is 3.00 e. The van der Waals surface area contributed by atoms with Crippen LogP contribution in [0.3, 0.4) is 0 Å². The number of para-hydroxylation sites is 5. The van der Waals surface area contributed by atoms with Crippen molar-refractivity contribution in [2.75, 3.05) is 4.90 Å². The van der Waals surface area contributed by atoms with Crippen LogP contribution in [0.4, 0.5) is 5.69 Å². The standard InChI is InChI=1S/C22H19N5.3ClH.Cr/c1-2-8-16(9-3-1)27(14-21-23-17-10-4-5-11-18(17)24-21)15-22-25-19-12-6-7-13-20(19)26-22;;;;/h1-13H,14-15H2,(H,23,24)(H,25,26);3*1H;/q;;;;+3/p-3. The summed E-state index contributed by atoms with van der Waals surface area (Å²) in [5, 5.41) is 0. The van der Waals surface area contributed by atoms with E-state index in [0.717, 1.165) is 39.4 Å². The number of aromatic amines is 2. The van der Waals surface area contributed by atoms with E-state index in [-0.39, 0.29) is 54.6 Å². The number of hydrogen-bond donors (Lipinski definition) is 2. The summed E-state index contributed by atoms with van der Waals surface area (Å²) < 4.78 is 0. The van der Waals surface area contributed by atoms with Gasteiger partial charge in [0.2, 0.25) is 0 Å². The van der Waals surface area contributed by atoms with Crippen molar-refractivity contribution in [3.8, 4) is 0 Å². The van der Waals surface area contributed by atoms with Gasteiger partial charge in [-0.05, 0) is 36.4 Å². The fraction of sp³-hybridized carbons (Fsp3) is 0.0909. The van der Waals surface area contributed by atoms with Crippen LogP contribution >= 0.6 is 0 Å². The molecule has 0 unspecified atom stereocenters. The summed E-state index contributed by atoms with van der Waals surface area (Å²) in [6.07, 6.45) is 0. The molecule has 0 aliphatic carbocycles. The van der Waals surface area contributed by atoms with Crippen LogP contribution < -0.4 is 42.1 Å². The zero-order chi connectivity index (χ0) is 18.1. The van der Waals surface area contributed by atoms with Crippen molar-refractivity contribution in [2.45, 2.75) is 13.1 Å². The fourth-order valence-electron chi connectivity index (χ4n) is 3.40. The van der Waals surface area contributed by atoms with Crippen molar-refractivity contribution in [2.24, 2.45) is 0 Å². The Morgan fingerprint density at radius 3 is 1.45 bits per heavy atom. The topological polar surface area (TPSA) is 60.6 Å². The number of H-pyrrole nitrogens is 2. The molecule has 0 fully saturated rings. The van der Waals surface area contributed by atoms with Gasteiger partial charge < -0.3 is 52.1 Å². The van der Waals surface area contributed by atoms with Crippen LogP contribution in [-0.4, -0.2) is 19.9 Å². The van der Waals surface area contributed by atoms with Crippen molar-refractivity contribution in [3.05, 3.63) is 90.5 Å². The summed E-state index contributed by atoms with van der Waals surface area (Å²) in [5.74, 6) is 1.88. The Balaban J connectivity index is 0.00000120. The Morgan fingerprint density at radius 2 is 1.00 bits per heavy atom. The number of rotatable bonds is 5. The first-order chi connectivity index (χ1) is 13.3. The quantitative estimate of drug-likeness (QED) is 0.251. The zero-order valence-corrected chi connectivity index (χ0v) is 19.8. The third-order valence-electron chi connectivity index (χ3n) is 4.68. The maximum absolute atomic E-state index is 4.73. The number of fused-ring (bicyclic) bond motifs is 2. The van der Waals surface area contributed by atoms with Gasteiger partial charge in [0.05, 0.1) is 35.2 Å². The second-order valence-electron chi connectivity index (χ2n) is 6.59. The normalized spacial score (nSPS) is 9.81. The van der Waals surface area contributed by atoms with Gasteiger partial charge in [0.15, 0.2) is 0 Å². The van der Waals surface area contributed by atoms with E-state index < -0.39 is 0 Å². The first kappa shape index (κ1) is 26.8. The second kappa shape index (κ2) is 12.0. The Bertz CT molecular complexity index is 1070. The molecule has 0 saturated carbocycles. The molecule has 0 aliphatic heterocycles. The Morgan fingerprint density at radius 1 is 0.581 bits per heavy atom.